The fourth-order valence-electron chi connectivity index (χ4n) is 2.53. The zero-order valence-corrected chi connectivity index (χ0v) is 11.6. The van der Waals surface area contributed by atoms with E-state index in [4.69, 9.17) is 5.84 Å². The molecule has 0 aliphatic carbocycles. The van der Waals surface area contributed by atoms with Crippen molar-refractivity contribution in [3.05, 3.63) is 21.9 Å². The second-order valence-electron chi connectivity index (χ2n) is 4.89. The Balaban J connectivity index is 2.20. The normalized spacial score (nSPS) is 25.1. The highest BCUT2D eigenvalue weighted by Gasteiger charge is 2.31. The van der Waals surface area contributed by atoms with Crippen LogP contribution in [0.5, 0.6) is 0 Å². The summed E-state index contributed by atoms with van der Waals surface area (Å²) in [7, 11) is 4.36. The smallest absolute Gasteiger partial charge is 0.0638 e. The molecule has 1 aliphatic rings. The molecule has 2 atom stereocenters. The number of piperazine rings is 1. The van der Waals surface area contributed by atoms with Crippen LogP contribution in [0.1, 0.15) is 16.5 Å². The number of thiophene rings is 1. The lowest BCUT2D eigenvalue weighted by atomic mass is 9.97. The average Bonchev–Trinajstić information content (AvgIpc) is 2.71. The van der Waals surface area contributed by atoms with Gasteiger partial charge in [-0.2, -0.15) is 0 Å². The Morgan fingerprint density at radius 2 is 2.24 bits per heavy atom. The molecular formula is C12H22N4S. The molecule has 1 aromatic rings. The first-order valence-electron chi connectivity index (χ1n) is 6.02. The van der Waals surface area contributed by atoms with Gasteiger partial charge in [0.2, 0.25) is 0 Å². The van der Waals surface area contributed by atoms with Crippen LogP contribution in [0.25, 0.3) is 0 Å². The molecule has 5 heteroatoms. The van der Waals surface area contributed by atoms with E-state index < -0.39 is 0 Å². The highest BCUT2D eigenvalue weighted by molar-refractivity contribution is 7.10. The summed E-state index contributed by atoms with van der Waals surface area (Å²) in [6, 6.07) is 2.84. The molecule has 1 aliphatic heterocycles. The predicted molar refractivity (Wildman–Crippen MR) is 73.0 cm³/mol. The molecule has 0 amide bonds. The molecule has 1 saturated heterocycles. The van der Waals surface area contributed by atoms with Crippen LogP contribution in [-0.4, -0.2) is 49.6 Å². The molecule has 17 heavy (non-hydrogen) atoms. The molecule has 96 valence electrons. The Hall–Kier alpha value is -0.460. The monoisotopic (exact) mass is 254 g/mol. The fourth-order valence-corrected chi connectivity index (χ4v) is 3.28. The zero-order valence-electron chi connectivity index (χ0n) is 10.8. The van der Waals surface area contributed by atoms with Crippen molar-refractivity contribution in [2.24, 2.45) is 5.84 Å². The number of likely N-dealkylation sites (N-methyl/N-ethyl adjacent to an activating group) is 2. The van der Waals surface area contributed by atoms with E-state index in [0.717, 1.165) is 19.6 Å². The second-order valence-corrected chi connectivity index (χ2v) is 6.01. The summed E-state index contributed by atoms with van der Waals surface area (Å²) in [5, 5.41) is 2.14. The van der Waals surface area contributed by atoms with Crippen molar-refractivity contribution >= 4 is 11.3 Å². The van der Waals surface area contributed by atoms with E-state index in [0.29, 0.717) is 6.04 Å². The number of hydrogen-bond acceptors (Lipinski definition) is 5. The van der Waals surface area contributed by atoms with E-state index in [9.17, 15) is 0 Å². The summed E-state index contributed by atoms with van der Waals surface area (Å²) in [5.74, 6) is 5.78. The molecule has 3 N–H and O–H groups in total. The van der Waals surface area contributed by atoms with Crippen molar-refractivity contribution in [2.45, 2.75) is 19.0 Å². The van der Waals surface area contributed by atoms with E-state index in [1.165, 1.54) is 10.4 Å². The van der Waals surface area contributed by atoms with Gasteiger partial charge in [-0.15, -0.1) is 11.3 Å². The van der Waals surface area contributed by atoms with E-state index in [1.807, 2.05) is 0 Å². The number of nitrogens with two attached hydrogens (primary N) is 1. The Bertz CT molecular complexity index is 365. The highest BCUT2D eigenvalue weighted by Crippen LogP contribution is 2.28. The van der Waals surface area contributed by atoms with Crippen molar-refractivity contribution < 1.29 is 0 Å². The number of aryl methyl sites for hydroxylation is 1. The van der Waals surface area contributed by atoms with Crippen LogP contribution in [0.2, 0.25) is 0 Å². The molecule has 0 spiro atoms. The predicted octanol–water partition coefficient (Wildman–Crippen LogP) is 0.807. The Morgan fingerprint density at radius 3 is 2.82 bits per heavy atom. The van der Waals surface area contributed by atoms with Gasteiger partial charge in [-0.25, -0.2) is 0 Å². The molecule has 0 saturated carbocycles. The van der Waals surface area contributed by atoms with Crippen molar-refractivity contribution in [3.8, 4) is 0 Å². The molecule has 0 aromatic carbocycles. The van der Waals surface area contributed by atoms with Gasteiger partial charge in [-0.1, -0.05) is 0 Å². The Labute approximate surface area is 107 Å². The van der Waals surface area contributed by atoms with Gasteiger partial charge in [-0.3, -0.25) is 16.2 Å². The summed E-state index contributed by atoms with van der Waals surface area (Å²) in [6.45, 7) is 5.45. The van der Waals surface area contributed by atoms with Crippen LogP contribution >= 0.6 is 11.3 Å². The third-order valence-electron chi connectivity index (χ3n) is 3.70. The quantitative estimate of drug-likeness (QED) is 0.619. The van der Waals surface area contributed by atoms with E-state index in [-0.39, 0.29) is 6.04 Å². The fraction of sp³-hybridized carbons (Fsp3) is 0.667. The van der Waals surface area contributed by atoms with E-state index in [1.54, 1.807) is 11.3 Å². The lowest BCUT2D eigenvalue weighted by molar-refractivity contribution is 0.0876. The first kappa shape index (κ1) is 13.0. The van der Waals surface area contributed by atoms with Crippen LogP contribution in [0.4, 0.5) is 0 Å². The first-order chi connectivity index (χ1) is 8.13. The van der Waals surface area contributed by atoms with Gasteiger partial charge < -0.3 is 4.90 Å². The minimum atomic E-state index is 0.217. The maximum Gasteiger partial charge on any atom is 0.0638 e. The first-order valence-corrected chi connectivity index (χ1v) is 6.90. The van der Waals surface area contributed by atoms with Crippen LogP contribution in [0.15, 0.2) is 11.4 Å². The van der Waals surface area contributed by atoms with Crippen molar-refractivity contribution in [1.29, 1.82) is 0 Å². The number of rotatable bonds is 3. The zero-order chi connectivity index (χ0) is 12.4. The summed E-state index contributed by atoms with van der Waals surface area (Å²) in [4.78, 5) is 6.13. The van der Waals surface area contributed by atoms with Crippen LogP contribution in [0, 0.1) is 6.92 Å². The van der Waals surface area contributed by atoms with Gasteiger partial charge in [0.1, 0.15) is 0 Å². The van der Waals surface area contributed by atoms with Crippen LogP contribution in [-0.2, 0) is 0 Å². The summed E-state index contributed by atoms with van der Waals surface area (Å²) in [6.07, 6.45) is 0. The molecule has 1 fully saturated rings. The van der Waals surface area contributed by atoms with Crippen molar-refractivity contribution in [1.82, 2.24) is 15.2 Å². The maximum absolute atomic E-state index is 5.78. The number of nitrogens with one attached hydrogen (secondary N) is 1. The Morgan fingerprint density at radius 1 is 1.47 bits per heavy atom. The molecule has 4 nitrogen and oxygen atoms in total. The summed E-state index contributed by atoms with van der Waals surface area (Å²) in [5.41, 5.74) is 4.34. The summed E-state index contributed by atoms with van der Waals surface area (Å²) >= 11 is 1.79. The van der Waals surface area contributed by atoms with Gasteiger partial charge in [0.05, 0.1) is 6.04 Å². The third-order valence-corrected chi connectivity index (χ3v) is 4.56. The minimum absolute atomic E-state index is 0.217. The van der Waals surface area contributed by atoms with Crippen molar-refractivity contribution in [3.63, 3.8) is 0 Å². The molecule has 1 aromatic heterocycles. The van der Waals surface area contributed by atoms with Gasteiger partial charge in [0.15, 0.2) is 0 Å². The maximum atomic E-state index is 5.78. The molecule has 0 bridgehead atoms. The third kappa shape index (κ3) is 2.69. The molecule has 2 rings (SSSR count). The van der Waals surface area contributed by atoms with Gasteiger partial charge in [0, 0.05) is 30.6 Å². The van der Waals surface area contributed by atoms with E-state index in [2.05, 4.69) is 47.7 Å². The second kappa shape index (κ2) is 5.46. The minimum Gasteiger partial charge on any atom is -0.303 e. The van der Waals surface area contributed by atoms with E-state index >= 15 is 0 Å². The highest BCUT2D eigenvalue weighted by atomic mass is 32.1. The van der Waals surface area contributed by atoms with Gasteiger partial charge in [-0.05, 0) is 38.0 Å². The molecule has 2 heterocycles. The SMILES string of the molecule is Cc1sccc1C(NN)C1CN(C)CCN1C. The van der Waals surface area contributed by atoms with Crippen LogP contribution < -0.4 is 11.3 Å². The molecule has 0 radical (unpaired) electrons. The van der Waals surface area contributed by atoms with Gasteiger partial charge in [0.25, 0.3) is 0 Å². The van der Waals surface area contributed by atoms with Gasteiger partial charge >= 0.3 is 0 Å². The molecule has 2 unspecified atom stereocenters. The Kier molecular flexibility index (Phi) is 4.17. The van der Waals surface area contributed by atoms with Crippen LogP contribution in [0.3, 0.4) is 0 Å². The topological polar surface area (TPSA) is 44.5 Å². The number of nitrogens with zero attached hydrogens (tertiary/aromatic N) is 2. The largest absolute Gasteiger partial charge is 0.303 e. The molecular weight excluding hydrogens is 232 g/mol. The lowest BCUT2D eigenvalue weighted by Crippen LogP contribution is -2.56. The summed E-state index contributed by atoms with van der Waals surface area (Å²) < 4.78 is 0. The number of hydrogen-bond donors (Lipinski definition) is 2. The standard InChI is InChI=1S/C12H22N4S/c1-9-10(4-7-17-9)12(14-13)11-8-15(2)5-6-16(11)3/h4,7,11-12,14H,5-6,8,13H2,1-3H3. The average molecular weight is 254 g/mol. The number of hydrazine groups is 1. The van der Waals surface area contributed by atoms with Crippen molar-refractivity contribution in [2.75, 3.05) is 33.7 Å². The lowest BCUT2D eigenvalue weighted by Gasteiger charge is -2.41.